The van der Waals surface area contributed by atoms with Crippen LogP contribution in [0.1, 0.15) is 40.7 Å². The molecule has 2 aromatic carbocycles. The van der Waals surface area contributed by atoms with Gasteiger partial charge in [-0.3, -0.25) is 4.79 Å². The number of ether oxygens (including phenoxy) is 1. The number of rotatable bonds is 2. The van der Waals surface area contributed by atoms with Crippen LogP contribution in [-0.4, -0.2) is 12.9 Å². The topological polar surface area (TPSA) is 26.3 Å². The van der Waals surface area contributed by atoms with Crippen LogP contribution >= 0.6 is 11.6 Å². The maximum absolute atomic E-state index is 12.7. The average Bonchev–Trinajstić information content (AvgIpc) is 2.54. The number of benzene rings is 2. The van der Waals surface area contributed by atoms with Crippen molar-refractivity contribution in [1.29, 1.82) is 0 Å². The van der Waals surface area contributed by atoms with Crippen LogP contribution in [0.15, 0.2) is 48.0 Å². The second-order valence-electron chi connectivity index (χ2n) is 5.55. The largest absolute Gasteiger partial charge is 0.495 e. The molecule has 22 heavy (non-hydrogen) atoms. The monoisotopic (exact) mass is 312 g/mol. The zero-order valence-corrected chi connectivity index (χ0v) is 13.4. The summed E-state index contributed by atoms with van der Waals surface area (Å²) in [4.78, 5) is 12.7. The number of halogens is 1. The Bertz CT molecular complexity index is 762. The smallest absolute Gasteiger partial charge is 0.189 e. The fourth-order valence-corrected chi connectivity index (χ4v) is 3.21. The van der Waals surface area contributed by atoms with Gasteiger partial charge in [-0.15, -0.1) is 0 Å². The number of carbonyl (C=O) groups is 1. The molecule has 1 unspecified atom stereocenters. The highest BCUT2D eigenvalue weighted by Crippen LogP contribution is 2.36. The summed E-state index contributed by atoms with van der Waals surface area (Å²) in [5.41, 5.74) is 3.53. The van der Waals surface area contributed by atoms with Crippen LogP contribution < -0.4 is 4.74 Å². The second kappa shape index (κ2) is 5.98. The Balaban J connectivity index is 2.05. The van der Waals surface area contributed by atoms with Gasteiger partial charge in [-0.05, 0) is 35.6 Å². The van der Waals surface area contributed by atoms with E-state index in [1.807, 2.05) is 48.5 Å². The van der Waals surface area contributed by atoms with E-state index in [0.717, 1.165) is 28.7 Å². The summed E-state index contributed by atoms with van der Waals surface area (Å²) in [6, 6.07) is 13.4. The molecule has 0 bridgehead atoms. The SMILES string of the molecule is COc1cccc(/C=C2\CC(C)c3ccccc3C2=O)c1Cl. The van der Waals surface area contributed by atoms with Gasteiger partial charge in [0, 0.05) is 11.1 Å². The van der Waals surface area contributed by atoms with Crippen molar-refractivity contribution >= 4 is 23.5 Å². The van der Waals surface area contributed by atoms with E-state index >= 15 is 0 Å². The molecule has 0 spiro atoms. The molecule has 1 aliphatic carbocycles. The summed E-state index contributed by atoms with van der Waals surface area (Å²) in [6.45, 7) is 2.15. The molecule has 1 atom stereocenters. The van der Waals surface area contributed by atoms with E-state index in [9.17, 15) is 4.79 Å². The first-order valence-electron chi connectivity index (χ1n) is 7.28. The summed E-state index contributed by atoms with van der Waals surface area (Å²) in [5.74, 6) is 1.03. The van der Waals surface area contributed by atoms with E-state index in [1.54, 1.807) is 7.11 Å². The lowest BCUT2D eigenvalue weighted by atomic mass is 9.79. The molecular formula is C19H17ClO2. The van der Waals surface area contributed by atoms with Crippen LogP contribution in [0, 0.1) is 0 Å². The molecule has 0 saturated heterocycles. The van der Waals surface area contributed by atoms with E-state index in [2.05, 4.69) is 6.92 Å². The Morgan fingerprint density at radius 2 is 1.95 bits per heavy atom. The van der Waals surface area contributed by atoms with Gasteiger partial charge in [0.1, 0.15) is 5.75 Å². The predicted octanol–water partition coefficient (Wildman–Crippen LogP) is 5.12. The predicted molar refractivity (Wildman–Crippen MR) is 89.8 cm³/mol. The van der Waals surface area contributed by atoms with Crippen molar-refractivity contribution in [3.8, 4) is 5.75 Å². The Labute approximate surface area is 135 Å². The first-order chi connectivity index (χ1) is 10.6. The van der Waals surface area contributed by atoms with Gasteiger partial charge < -0.3 is 4.74 Å². The van der Waals surface area contributed by atoms with Gasteiger partial charge in [0.2, 0.25) is 0 Å². The van der Waals surface area contributed by atoms with Crippen molar-refractivity contribution in [2.75, 3.05) is 7.11 Å². The summed E-state index contributed by atoms with van der Waals surface area (Å²) >= 11 is 6.33. The van der Waals surface area contributed by atoms with Gasteiger partial charge in [0.05, 0.1) is 12.1 Å². The Kier molecular flexibility index (Phi) is 4.04. The first-order valence-corrected chi connectivity index (χ1v) is 7.66. The van der Waals surface area contributed by atoms with E-state index < -0.39 is 0 Å². The molecule has 0 radical (unpaired) electrons. The fourth-order valence-electron chi connectivity index (χ4n) is 2.95. The van der Waals surface area contributed by atoms with Crippen LogP contribution in [0.25, 0.3) is 6.08 Å². The van der Waals surface area contributed by atoms with Crippen molar-refractivity contribution in [2.45, 2.75) is 19.3 Å². The number of Topliss-reactive ketones (excluding diaryl/α,β-unsaturated/α-hetero) is 1. The maximum atomic E-state index is 12.7. The molecule has 0 amide bonds. The molecule has 0 N–H and O–H groups in total. The summed E-state index contributed by atoms with van der Waals surface area (Å²) in [6.07, 6.45) is 2.61. The van der Waals surface area contributed by atoms with Gasteiger partial charge in [-0.25, -0.2) is 0 Å². The minimum Gasteiger partial charge on any atom is -0.495 e. The lowest BCUT2D eigenvalue weighted by Gasteiger charge is -2.23. The maximum Gasteiger partial charge on any atom is 0.189 e. The molecule has 3 heteroatoms. The van der Waals surface area contributed by atoms with Crippen molar-refractivity contribution in [3.63, 3.8) is 0 Å². The van der Waals surface area contributed by atoms with Crippen molar-refractivity contribution in [1.82, 2.24) is 0 Å². The summed E-state index contributed by atoms with van der Waals surface area (Å²) in [5, 5.41) is 0.539. The Hall–Kier alpha value is -2.06. The summed E-state index contributed by atoms with van der Waals surface area (Å²) < 4.78 is 5.23. The third kappa shape index (κ3) is 2.55. The van der Waals surface area contributed by atoms with Gasteiger partial charge in [-0.2, -0.15) is 0 Å². The van der Waals surface area contributed by atoms with Crippen LogP contribution in [0.2, 0.25) is 5.02 Å². The Morgan fingerprint density at radius 3 is 2.73 bits per heavy atom. The van der Waals surface area contributed by atoms with Gasteiger partial charge in [-0.1, -0.05) is 54.9 Å². The molecule has 2 nitrogen and oxygen atoms in total. The zero-order valence-electron chi connectivity index (χ0n) is 12.6. The van der Waals surface area contributed by atoms with E-state index in [-0.39, 0.29) is 5.78 Å². The number of methoxy groups -OCH3 is 1. The molecule has 2 aromatic rings. The van der Waals surface area contributed by atoms with Crippen molar-refractivity contribution in [2.24, 2.45) is 0 Å². The molecular weight excluding hydrogens is 296 g/mol. The van der Waals surface area contributed by atoms with Crippen LogP contribution in [0.3, 0.4) is 0 Å². The van der Waals surface area contributed by atoms with Crippen LogP contribution in [0.4, 0.5) is 0 Å². The average molecular weight is 313 g/mol. The fraction of sp³-hybridized carbons (Fsp3) is 0.211. The van der Waals surface area contributed by atoms with Crippen LogP contribution in [0.5, 0.6) is 5.75 Å². The normalized spacial score (nSPS) is 19.1. The zero-order chi connectivity index (χ0) is 15.7. The summed E-state index contributed by atoms with van der Waals surface area (Å²) in [7, 11) is 1.59. The number of allylic oxidation sites excluding steroid dienone is 1. The third-order valence-electron chi connectivity index (χ3n) is 4.10. The molecule has 0 saturated carbocycles. The third-order valence-corrected chi connectivity index (χ3v) is 4.50. The van der Waals surface area contributed by atoms with E-state index in [1.165, 1.54) is 0 Å². The molecule has 0 aromatic heterocycles. The Morgan fingerprint density at radius 1 is 1.18 bits per heavy atom. The second-order valence-corrected chi connectivity index (χ2v) is 5.93. The number of fused-ring (bicyclic) bond motifs is 1. The highest BCUT2D eigenvalue weighted by atomic mass is 35.5. The number of hydrogen-bond donors (Lipinski definition) is 0. The number of hydrogen-bond acceptors (Lipinski definition) is 2. The lowest BCUT2D eigenvalue weighted by molar-refractivity contribution is 0.102. The lowest BCUT2D eigenvalue weighted by Crippen LogP contribution is -2.16. The van der Waals surface area contributed by atoms with E-state index in [0.29, 0.717) is 16.7 Å². The minimum atomic E-state index is 0.0904. The van der Waals surface area contributed by atoms with E-state index in [4.69, 9.17) is 16.3 Å². The highest BCUT2D eigenvalue weighted by molar-refractivity contribution is 6.33. The number of ketones is 1. The molecule has 112 valence electrons. The molecule has 0 fully saturated rings. The molecule has 3 rings (SSSR count). The van der Waals surface area contributed by atoms with Crippen LogP contribution in [-0.2, 0) is 0 Å². The van der Waals surface area contributed by atoms with Crippen molar-refractivity contribution < 1.29 is 9.53 Å². The molecule has 1 aliphatic rings. The standard InChI is InChI=1S/C19H17ClO2/c1-12-10-14(19(21)16-8-4-3-7-15(12)16)11-13-6-5-9-17(22-2)18(13)20/h3-9,11-12H,10H2,1-2H3/b14-11+. The quantitative estimate of drug-likeness (QED) is 0.719. The van der Waals surface area contributed by atoms with Gasteiger partial charge >= 0.3 is 0 Å². The highest BCUT2D eigenvalue weighted by Gasteiger charge is 2.26. The molecule has 0 heterocycles. The van der Waals surface area contributed by atoms with Crippen molar-refractivity contribution in [3.05, 3.63) is 69.8 Å². The first kappa shape index (κ1) is 14.9. The minimum absolute atomic E-state index is 0.0904. The molecule has 0 aliphatic heterocycles. The van der Waals surface area contributed by atoms with Gasteiger partial charge in [0.15, 0.2) is 5.78 Å². The van der Waals surface area contributed by atoms with Gasteiger partial charge in [0.25, 0.3) is 0 Å². The number of carbonyl (C=O) groups excluding carboxylic acids is 1.